The third-order valence-electron chi connectivity index (χ3n) is 2.88. The van der Waals surface area contributed by atoms with Crippen LogP contribution in [0.1, 0.15) is 12.5 Å². The fourth-order valence-corrected chi connectivity index (χ4v) is 1.69. The third kappa shape index (κ3) is 5.72. The van der Waals surface area contributed by atoms with Gasteiger partial charge in [-0.25, -0.2) is 0 Å². The summed E-state index contributed by atoms with van der Waals surface area (Å²) < 4.78 is 29.0. The number of likely N-dealkylation sites (N-methyl/N-ethyl adjacent to an activating group) is 1. The highest BCUT2D eigenvalue weighted by atomic mass is 35.5. The Morgan fingerprint density at radius 1 is 1.37 bits per heavy atom. The van der Waals surface area contributed by atoms with Gasteiger partial charge in [0.25, 0.3) is 0 Å². The summed E-state index contributed by atoms with van der Waals surface area (Å²) in [4.78, 5) is 2.07. The zero-order chi connectivity index (χ0) is 14.4. The van der Waals surface area contributed by atoms with Crippen molar-refractivity contribution < 1.29 is 13.5 Å². The molecule has 0 aliphatic heterocycles. The topological polar surface area (TPSA) is 24.5 Å². The fourth-order valence-electron chi connectivity index (χ4n) is 1.50. The zero-order valence-electron chi connectivity index (χ0n) is 11.3. The first-order valence-electron chi connectivity index (χ1n) is 6.00. The minimum Gasteiger partial charge on any atom is -0.434 e. The van der Waals surface area contributed by atoms with E-state index in [1.54, 1.807) is 6.07 Å². The molecule has 6 heteroatoms. The SMILES string of the molecule is CC(CNCc1cc(Cl)ccc1OC(F)F)N(C)C. The molecule has 1 unspecified atom stereocenters. The van der Waals surface area contributed by atoms with E-state index in [2.05, 4.69) is 21.9 Å². The fraction of sp³-hybridized carbons (Fsp3) is 0.538. The molecule has 1 atom stereocenters. The molecule has 0 aliphatic rings. The first-order chi connectivity index (χ1) is 8.90. The van der Waals surface area contributed by atoms with E-state index in [9.17, 15) is 8.78 Å². The molecule has 0 spiro atoms. The molecule has 0 saturated heterocycles. The van der Waals surface area contributed by atoms with Gasteiger partial charge in [-0.3, -0.25) is 0 Å². The quantitative estimate of drug-likeness (QED) is 0.836. The number of nitrogens with zero attached hydrogens (tertiary/aromatic N) is 1. The van der Waals surface area contributed by atoms with Crippen LogP contribution in [-0.4, -0.2) is 38.2 Å². The van der Waals surface area contributed by atoms with Gasteiger partial charge in [0, 0.05) is 29.7 Å². The van der Waals surface area contributed by atoms with Gasteiger partial charge in [-0.05, 0) is 39.2 Å². The minimum atomic E-state index is -2.83. The van der Waals surface area contributed by atoms with Gasteiger partial charge in [0.1, 0.15) is 5.75 Å². The molecule has 0 fully saturated rings. The Hall–Kier alpha value is -0.910. The standard InChI is InChI=1S/C13H19ClF2N2O/c1-9(18(2)3)7-17-8-10-6-11(14)4-5-12(10)19-13(15)16/h4-6,9,13,17H,7-8H2,1-3H3. The van der Waals surface area contributed by atoms with Crippen molar-refractivity contribution in [2.75, 3.05) is 20.6 Å². The number of hydrogen-bond donors (Lipinski definition) is 1. The predicted octanol–water partition coefficient (Wildman–Crippen LogP) is 2.98. The van der Waals surface area contributed by atoms with Crippen LogP contribution < -0.4 is 10.1 Å². The van der Waals surface area contributed by atoms with E-state index in [4.69, 9.17) is 11.6 Å². The van der Waals surface area contributed by atoms with Crippen molar-refractivity contribution in [3.05, 3.63) is 28.8 Å². The lowest BCUT2D eigenvalue weighted by molar-refractivity contribution is -0.0505. The molecule has 0 aliphatic carbocycles. The summed E-state index contributed by atoms with van der Waals surface area (Å²) in [7, 11) is 3.97. The van der Waals surface area contributed by atoms with Crippen LogP contribution in [0.5, 0.6) is 5.75 Å². The number of alkyl halides is 2. The Labute approximate surface area is 117 Å². The number of benzene rings is 1. The molecule has 1 aromatic carbocycles. The number of halogens is 3. The summed E-state index contributed by atoms with van der Waals surface area (Å²) >= 11 is 5.87. The van der Waals surface area contributed by atoms with E-state index < -0.39 is 6.61 Å². The van der Waals surface area contributed by atoms with Crippen LogP contribution in [0.25, 0.3) is 0 Å². The van der Waals surface area contributed by atoms with E-state index >= 15 is 0 Å². The highest BCUT2D eigenvalue weighted by Gasteiger charge is 2.11. The Morgan fingerprint density at radius 2 is 2.05 bits per heavy atom. The first kappa shape index (κ1) is 16.1. The lowest BCUT2D eigenvalue weighted by Gasteiger charge is -2.20. The largest absolute Gasteiger partial charge is 0.434 e. The van der Waals surface area contributed by atoms with Crippen LogP contribution in [0.15, 0.2) is 18.2 Å². The van der Waals surface area contributed by atoms with E-state index in [1.165, 1.54) is 12.1 Å². The third-order valence-corrected chi connectivity index (χ3v) is 3.11. The molecule has 1 rings (SSSR count). The molecule has 0 heterocycles. The van der Waals surface area contributed by atoms with Crippen molar-refractivity contribution in [1.29, 1.82) is 0 Å². The Morgan fingerprint density at radius 3 is 2.63 bits per heavy atom. The van der Waals surface area contributed by atoms with E-state index in [0.717, 1.165) is 6.54 Å². The Kier molecular flexibility index (Phi) is 6.48. The second kappa shape index (κ2) is 7.62. The normalized spacial score (nSPS) is 13.1. The predicted molar refractivity (Wildman–Crippen MR) is 72.9 cm³/mol. The highest BCUT2D eigenvalue weighted by Crippen LogP contribution is 2.24. The summed E-state index contributed by atoms with van der Waals surface area (Å²) in [6.07, 6.45) is 0. The molecule has 0 radical (unpaired) electrons. The van der Waals surface area contributed by atoms with Gasteiger partial charge in [-0.2, -0.15) is 8.78 Å². The van der Waals surface area contributed by atoms with Gasteiger partial charge < -0.3 is 15.0 Å². The average Bonchev–Trinajstić information content (AvgIpc) is 2.31. The highest BCUT2D eigenvalue weighted by molar-refractivity contribution is 6.30. The van der Waals surface area contributed by atoms with Gasteiger partial charge in [0.05, 0.1) is 0 Å². The summed E-state index contributed by atoms with van der Waals surface area (Å²) in [5, 5.41) is 3.70. The van der Waals surface area contributed by atoms with Crippen molar-refractivity contribution in [1.82, 2.24) is 10.2 Å². The summed E-state index contributed by atoms with van der Waals surface area (Å²) in [6.45, 7) is 0.413. The first-order valence-corrected chi connectivity index (χ1v) is 6.38. The maximum atomic E-state index is 12.3. The maximum absolute atomic E-state index is 12.3. The van der Waals surface area contributed by atoms with Crippen molar-refractivity contribution in [2.45, 2.75) is 26.1 Å². The molecular weight excluding hydrogens is 274 g/mol. The number of nitrogens with one attached hydrogen (secondary N) is 1. The van der Waals surface area contributed by atoms with Crippen LogP contribution in [0.4, 0.5) is 8.78 Å². The lowest BCUT2D eigenvalue weighted by Crippen LogP contribution is -2.35. The van der Waals surface area contributed by atoms with Gasteiger partial charge in [0.2, 0.25) is 0 Å². The number of rotatable bonds is 7. The van der Waals surface area contributed by atoms with Gasteiger partial charge in [-0.15, -0.1) is 0 Å². The van der Waals surface area contributed by atoms with Crippen molar-refractivity contribution in [2.24, 2.45) is 0 Å². The Balaban J connectivity index is 2.63. The molecule has 108 valence electrons. The lowest BCUT2D eigenvalue weighted by atomic mass is 10.2. The molecule has 1 aromatic rings. The molecule has 0 saturated carbocycles. The van der Waals surface area contributed by atoms with Crippen molar-refractivity contribution in [3.63, 3.8) is 0 Å². The van der Waals surface area contributed by atoms with E-state index in [1.807, 2.05) is 14.1 Å². The Bertz CT molecular complexity index is 402. The van der Waals surface area contributed by atoms with Crippen LogP contribution in [0.3, 0.4) is 0 Å². The van der Waals surface area contributed by atoms with Crippen LogP contribution in [0, 0.1) is 0 Å². The molecule has 0 amide bonds. The number of ether oxygens (including phenoxy) is 1. The smallest absolute Gasteiger partial charge is 0.387 e. The average molecular weight is 293 g/mol. The van der Waals surface area contributed by atoms with Crippen LogP contribution in [-0.2, 0) is 6.54 Å². The molecule has 19 heavy (non-hydrogen) atoms. The van der Waals surface area contributed by atoms with E-state index in [-0.39, 0.29) is 5.75 Å². The van der Waals surface area contributed by atoms with Gasteiger partial charge >= 0.3 is 6.61 Å². The zero-order valence-corrected chi connectivity index (χ0v) is 12.0. The summed E-state index contributed by atoms with van der Waals surface area (Å²) in [5.41, 5.74) is 0.624. The van der Waals surface area contributed by atoms with Gasteiger partial charge in [-0.1, -0.05) is 11.6 Å². The van der Waals surface area contributed by atoms with Crippen molar-refractivity contribution >= 4 is 11.6 Å². The molecular formula is C13H19ClF2N2O. The van der Waals surface area contributed by atoms with Crippen LogP contribution in [0.2, 0.25) is 5.02 Å². The summed E-state index contributed by atoms with van der Waals surface area (Å²) in [5.74, 6) is 0.157. The number of hydrogen-bond acceptors (Lipinski definition) is 3. The van der Waals surface area contributed by atoms with Gasteiger partial charge in [0.15, 0.2) is 0 Å². The maximum Gasteiger partial charge on any atom is 0.387 e. The molecule has 3 nitrogen and oxygen atoms in total. The second-order valence-electron chi connectivity index (χ2n) is 4.57. The second-order valence-corrected chi connectivity index (χ2v) is 5.01. The monoisotopic (exact) mass is 292 g/mol. The van der Waals surface area contributed by atoms with E-state index in [0.29, 0.717) is 23.2 Å². The summed E-state index contributed by atoms with van der Waals surface area (Å²) in [6, 6.07) is 4.97. The van der Waals surface area contributed by atoms with Crippen LogP contribution >= 0.6 is 11.6 Å². The minimum absolute atomic E-state index is 0.157. The molecule has 0 aromatic heterocycles. The van der Waals surface area contributed by atoms with Crippen molar-refractivity contribution in [3.8, 4) is 5.75 Å². The molecule has 0 bridgehead atoms. The molecule has 1 N–H and O–H groups in total.